The van der Waals surface area contributed by atoms with E-state index in [1.807, 2.05) is 0 Å². The summed E-state index contributed by atoms with van der Waals surface area (Å²) in [4.78, 5) is 0. The van der Waals surface area contributed by atoms with Crippen LogP contribution in [-0.4, -0.2) is 44.5 Å². The average molecular weight is 379 g/mol. The molecule has 0 heterocycles. The van der Waals surface area contributed by atoms with Crippen LogP contribution in [-0.2, 0) is 19.3 Å². The van der Waals surface area contributed by atoms with Crippen LogP contribution >= 0.6 is 0 Å². The zero-order valence-corrected chi connectivity index (χ0v) is 18.8. The largest absolute Gasteiger partial charge is 1.00 e. The van der Waals surface area contributed by atoms with Crippen molar-refractivity contribution in [3.8, 4) is 0 Å². The van der Waals surface area contributed by atoms with Crippen LogP contribution in [0.15, 0.2) is 0 Å². The topological polar surface area (TPSA) is 95.9 Å². The summed E-state index contributed by atoms with van der Waals surface area (Å²) in [7, 11) is -2.92. The number of ether oxygens (including phenoxy) is 1. The van der Waals surface area contributed by atoms with Gasteiger partial charge in [-0.15, -0.1) is 0 Å². The second kappa shape index (κ2) is 21.8. The van der Waals surface area contributed by atoms with Crippen LogP contribution in [0.3, 0.4) is 0 Å². The number of methoxy groups -OCH3 is 1. The van der Waals surface area contributed by atoms with Crippen molar-refractivity contribution >= 4 is 10.4 Å². The van der Waals surface area contributed by atoms with Crippen LogP contribution in [0.1, 0.15) is 78.1 Å². The summed E-state index contributed by atoms with van der Waals surface area (Å²) >= 11 is 0. The summed E-state index contributed by atoms with van der Waals surface area (Å²) in [6.45, 7) is 4.36. The summed E-state index contributed by atoms with van der Waals surface area (Å²) in [5, 5.41) is 8.43. The Kier molecular flexibility index (Phi) is 26.9. The van der Waals surface area contributed by atoms with E-state index < -0.39 is 10.4 Å². The van der Waals surface area contributed by atoms with Crippen molar-refractivity contribution in [2.45, 2.75) is 84.2 Å². The van der Waals surface area contributed by atoms with Gasteiger partial charge in [-0.1, -0.05) is 64.7 Å². The molecular formula is C16H35NaO6S. The van der Waals surface area contributed by atoms with E-state index in [1.54, 1.807) is 14.0 Å². The summed E-state index contributed by atoms with van der Waals surface area (Å²) in [5.74, 6) is 0. The second-order valence-corrected chi connectivity index (χ2v) is 6.77. The maximum atomic E-state index is 10.1. The van der Waals surface area contributed by atoms with Crippen molar-refractivity contribution in [1.29, 1.82) is 0 Å². The van der Waals surface area contributed by atoms with Gasteiger partial charge in [-0.2, -0.15) is 0 Å². The second-order valence-electron chi connectivity index (χ2n) is 5.72. The monoisotopic (exact) mass is 378 g/mol. The average Bonchev–Trinajstić information content (AvgIpc) is 2.44. The van der Waals surface area contributed by atoms with Gasteiger partial charge < -0.3 is 14.4 Å². The minimum atomic E-state index is -4.48. The van der Waals surface area contributed by atoms with Gasteiger partial charge in [0.15, 0.2) is 0 Å². The van der Waals surface area contributed by atoms with Crippen molar-refractivity contribution in [3.63, 3.8) is 0 Å². The van der Waals surface area contributed by atoms with E-state index in [0.29, 0.717) is 13.0 Å². The van der Waals surface area contributed by atoms with E-state index >= 15 is 0 Å². The van der Waals surface area contributed by atoms with E-state index in [1.165, 1.54) is 44.9 Å². The molecule has 142 valence electrons. The third-order valence-corrected chi connectivity index (χ3v) is 3.59. The molecule has 1 N–H and O–H groups in total. The maximum Gasteiger partial charge on any atom is 1.00 e. The molecule has 24 heavy (non-hydrogen) atoms. The molecule has 0 bridgehead atoms. The maximum absolute atomic E-state index is 10.1. The molecule has 0 rings (SSSR count). The molecule has 0 amide bonds. The number of aliphatic hydroxyl groups is 1. The van der Waals surface area contributed by atoms with Gasteiger partial charge in [-0.05, 0) is 13.3 Å². The predicted octanol–water partition coefficient (Wildman–Crippen LogP) is 0.402. The first-order chi connectivity index (χ1) is 10.8. The van der Waals surface area contributed by atoms with Gasteiger partial charge in [0, 0.05) is 7.11 Å². The Morgan fingerprint density at radius 3 is 1.67 bits per heavy atom. The van der Waals surface area contributed by atoms with E-state index in [2.05, 4.69) is 15.8 Å². The number of hydrogen-bond acceptors (Lipinski definition) is 6. The zero-order valence-electron chi connectivity index (χ0n) is 16.0. The number of aliphatic hydroxyl groups excluding tert-OH is 1. The smallest absolute Gasteiger partial charge is 0.726 e. The number of unbranched alkanes of at least 4 members (excludes halogenated alkanes) is 9. The van der Waals surface area contributed by atoms with Crippen LogP contribution in [0.4, 0.5) is 0 Å². The first-order valence-corrected chi connectivity index (χ1v) is 9.94. The van der Waals surface area contributed by atoms with Crippen LogP contribution in [0.5, 0.6) is 0 Å². The van der Waals surface area contributed by atoms with Gasteiger partial charge in [0.1, 0.15) is 0 Å². The van der Waals surface area contributed by atoms with E-state index in [9.17, 15) is 13.0 Å². The summed E-state index contributed by atoms with van der Waals surface area (Å²) in [5.41, 5.74) is 0. The third kappa shape index (κ3) is 34.2. The summed E-state index contributed by atoms with van der Waals surface area (Å²) in [6.07, 6.45) is 11.4. The Morgan fingerprint density at radius 1 is 0.958 bits per heavy atom. The van der Waals surface area contributed by atoms with Crippen LogP contribution in [0.25, 0.3) is 0 Å². The molecule has 0 aliphatic carbocycles. The fourth-order valence-corrected chi connectivity index (χ4v) is 2.31. The van der Waals surface area contributed by atoms with Crippen molar-refractivity contribution in [1.82, 2.24) is 0 Å². The molecule has 0 spiro atoms. The summed E-state index contributed by atoms with van der Waals surface area (Å²) < 4.78 is 39.0. The van der Waals surface area contributed by atoms with Crippen LogP contribution in [0, 0.1) is 0 Å². The number of hydrogen-bond donors (Lipinski definition) is 1. The van der Waals surface area contributed by atoms with Crippen molar-refractivity contribution < 1.29 is 56.6 Å². The Morgan fingerprint density at radius 2 is 1.38 bits per heavy atom. The molecule has 0 aromatic heterocycles. The molecular weight excluding hydrogens is 343 g/mol. The van der Waals surface area contributed by atoms with Gasteiger partial charge in [0.25, 0.3) is 0 Å². The first kappa shape index (κ1) is 29.5. The van der Waals surface area contributed by atoms with Crippen molar-refractivity contribution in [2.24, 2.45) is 0 Å². The van der Waals surface area contributed by atoms with Crippen molar-refractivity contribution in [3.05, 3.63) is 0 Å². The molecule has 0 aromatic rings. The Balaban J connectivity index is -0.000000538. The molecule has 0 aromatic carbocycles. The van der Waals surface area contributed by atoms with Gasteiger partial charge in [0.2, 0.25) is 10.4 Å². The molecule has 0 saturated heterocycles. The third-order valence-electron chi connectivity index (χ3n) is 3.13. The van der Waals surface area contributed by atoms with Crippen molar-refractivity contribution in [2.75, 3.05) is 20.3 Å². The number of rotatable bonds is 14. The molecule has 0 fully saturated rings. The van der Waals surface area contributed by atoms with E-state index in [4.69, 9.17) is 5.11 Å². The Hall–Kier alpha value is 0.790. The molecule has 0 radical (unpaired) electrons. The molecule has 0 saturated carbocycles. The van der Waals surface area contributed by atoms with Gasteiger partial charge in [0.05, 0.1) is 19.3 Å². The quantitative estimate of drug-likeness (QED) is 0.203. The van der Waals surface area contributed by atoms with Gasteiger partial charge >= 0.3 is 29.6 Å². The molecule has 6 nitrogen and oxygen atoms in total. The standard InChI is InChI=1S/C12H26O4S.C4H10O2.Na/c1-2-3-4-5-6-7-8-9-10-11-12-16-17(13,14)15;1-4(5)3-6-2;/h2-12H2,1H3,(H,13,14,15);4-5H,3H2,1-2H3;/q;;+1/p-1. The Bertz CT molecular complexity index is 323. The van der Waals surface area contributed by atoms with E-state index in [-0.39, 0.29) is 42.3 Å². The normalized spacial score (nSPS) is 12.0. The van der Waals surface area contributed by atoms with Crippen LogP contribution < -0.4 is 29.6 Å². The van der Waals surface area contributed by atoms with Gasteiger partial charge in [-0.25, -0.2) is 8.42 Å². The van der Waals surface area contributed by atoms with E-state index in [0.717, 1.165) is 12.8 Å². The molecule has 1 unspecified atom stereocenters. The predicted molar refractivity (Wildman–Crippen MR) is 91.1 cm³/mol. The minimum absolute atomic E-state index is 0. The molecule has 1 atom stereocenters. The fraction of sp³-hybridized carbons (Fsp3) is 1.00. The fourth-order valence-electron chi connectivity index (χ4n) is 1.99. The zero-order chi connectivity index (χ0) is 18.0. The summed E-state index contributed by atoms with van der Waals surface area (Å²) in [6, 6.07) is 0. The van der Waals surface area contributed by atoms with Gasteiger partial charge in [-0.3, -0.25) is 4.18 Å². The molecule has 0 aliphatic rings. The Labute approximate surface area is 170 Å². The molecule has 0 aliphatic heterocycles. The van der Waals surface area contributed by atoms with Crippen LogP contribution in [0.2, 0.25) is 0 Å². The SMILES string of the molecule is CCCCCCCCCCCCOS(=O)(=O)[O-].COCC(C)O.[Na+]. The molecule has 8 heteroatoms. The minimum Gasteiger partial charge on any atom is -0.726 e. The first-order valence-electron chi connectivity index (χ1n) is 8.60.